The fraction of sp³-hybridized carbons (Fsp3) is 0.364. The fourth-order valence-electron chi connectivity index (χ4n) is 3.48. The van der Waals surface area contributed by atoms with Gasteiger partial charge < -0.3 is 19.3 Å². The van der Waals surface area contributed by atoms with Crippen LogP contribution in [0, 0.1) is 13.8 Å². The summed E-state index contributed by atoms with van der Waals surface area (Å²) < 4.78 is 12.8. The number of aromatic nitrogens is 4. The summed E-state index contributed by atoms with van der Waals surface area (Å²) in [5, 5.41) is 0. The molecule has 0 N–H and O–H groups in total. The molecular weight excluding hydrogens is 396 g/mol. The van der Waals surface area contributed by atoms with Crippen LogP contribution in [0.5, 0.6) is 11.5 Å². The summed E-state index contributed by atoms with van der Waals surface area (Å²) in [6.07, 6.45) is 3.34. The van der Waals surface area contributed by atoms with E-state index in [1.165, 1.54) is 0 Å². The van der Waals surface area contributed by atoms with Crippen molar-refractivity contribution in [2.75, 3.05) is 44.8 Å². The van der Waals surface area contributed by atoms with Crippen LogP contribution in [0.15, 0.2) is 43.0 Å². The van der Waals surface area contributed by atoms with Crippen LogP contribution < -0.4 is 14.4 Å². The average molecular weight is 422 g/mol. The van der Waals surface area contributed by atoms with Crippen molar-refractivity contribution in [3.8, 4) is 17.3 Å². The third kappa shape index (κ3) is 4.60. The van der Waals surface area contributed by atoms with Crippen molar-refractivity contribution in [1.29, 1.82) is 0 Å². The molecule has 0 saturated carbocycles. The Bertz CT molecular complexity index is 1060. The normalized spacial score (nSPS) is 13.9. The molecule has 1 amide bonds. The molecular formula is C22H26N6O3. The zero-order valence-electron chi connectivity index (χ0n) is 18.0. The molecule has 9 nitrogen and oxygen atoms in total. The number of carbonyl (C=O) groups excluding carboxylic acids is 1. The molecule has 3 heterocycles. The maximum absolute atomic E-state index is 12.6. The second-order valence-corrected chi connectivity index (χ2v) is 7.36. The molecule has 162 valence electrons. The van der Waals surface area contributed by atoms with Crippen LogP contribution in [-0.2, 0) is 4.79 Å². The summed E-state index contributed by atoms with van der Waals surface area (Å²) in [4.78, 5) is 29.7. The van der Waals surface area contributed by atoms with E-state index < -0.39 is 0 Å². The number of piperazine rings is 1. The van der Waals surface area contributed by atoms with E-state index in [1.54, 1.807) is 25.8 Å². The van der Waals surface area contributed by atoms with Crippen LogP contribution in [0.1, 0.15) is 11.4 Å². The van der Waals surface area contributed by atoms with Crippen molar-refractivity contribution in [2.24, 2.45) is 0 Å². The van der Waals surface area contributed by atoms with Crippen molar-refractivity contribution < 1.29 is 14.3 Å². The zero-order valence-corrected chi connectivity index (χ0v) is 18.0. The molecule has 4 rings (SSSR count). The van der Waals surface area contributed by atoms with E-state index in [0.29, 0.717) is 37.7 Å². The quantitative estimate of drug-likeness (QED) is 0.601. The molecule has 1 fully saturated rings. The lowest BCUT2D eigenvalue weighted by Gasteiger charge is -2.35. The van der Waals surface area contributed by atoms with E-state index in [1.807, 2.05) is 47.6 Å². The number of rotatable bonds is 6. The Labute approximate surface area is 181 Å². The largest absolute Gasteiger partial charge is 0.497 e. The Kier molecular flexibility index (Phi) is 6.01. The van der Waals surface area contributed by atoms with Gasteiger partial charge in [-0.2, -0.15) is 0 Å². The predicted octanol–water partition coefficient (Wildman–Crippen LogP) is 2.02. The first-order valence-electron chi connectivity index (χ1n) is 10.2. The lowest BCUT2D eigenvalue weighted by atomic mass is 10.3. The van der Waals surface area contributed by atoms with Crippen molar-refractivity contribution in [1.82, 2.24) is 24.4 Å². The monoisotopic (exact) mass is 422 g/mol. The lowest BCUT2D eigenvalue weighted by molar-refractivity contribution is -0.133. The molecule has 0 atom stereocenters. The van der Waals surface area contributed by atoms with Gasteiger partial charge in [0.15, 0.2) is 6.61 Å². The van der Waals surface area contributed by atoms with Gasteiger partial charge in [-0.3, -0.25) is 9.36 Å². The second kappa shape index (κ2) is 9.03. The van der Waals surface area contributed by atoms with E-state index in [4.69, 9.17) is 9.47 Å². The Balaban J connectivity index is 1.33. The highest BCUT2D eigenvalue weighted by molar-refractivity contribution is 5.78. The highest BCUT2D eigenvalue weighted by atomic mass is 16.5. The molecule has 2 aromatic heterocycles. The number of aryl methyl sites for hydroxylation is 1. The highest BCUT2D eigenvalue weighted by Gasteiger charge is 2.23. The van der Waals surface area contributed by atoms with Gasteiger partial charge in [-0.15, -0.1) is 0 Å². The maximum atomic E-state index is 12.6. The molecule has 3 aromatic rings. The van der Waals surface area contributed by atoms with Gasteiger partial charge in [-0.05, 0) is 26.0 Å². The number of amides is 1. The van der Waals surface area contributed by atoms with Crippen LogP contribution >= 0.6 is 0 Å². The molecule has 1 aliphatic heterocycles. The lowest BCUT2D eigenvalue weighted by Crippen LogP contribution is -2.50. The van der Waals surface area contributed by atoms with Gasteiger partial charge in [0.25, 0.3) is 5.91 Å². The smallest absolute Gasteiger partial charge is 0.260 e. The van der Waals surface area contributed by atoms with Crippen molar-refractivity contribution >= 4 is 11.7 Å². The summed E-state index contributed by atoms with van der Waals surface area (Å²) in [7, 11) is 1.60. The predicted molar refractivity (Wildman–Crippen MR) is 116 cm³/mol. The Morgan fingerprint density at radius 1 is 1.00 bits per heavy atom. The molecule has 9 heteroatoms. The Morgan fingerprint density at radius 2 is 1.74 bits per heavy atom. The molecule has 0 bridgehead atoms. The van der Waals surface area contributed by atoms with Crippen molar-refractivity contribution in [2.45, 2.75) is 13.8 Å². The van der Waals surface area contributed by atoms with E-state index in [-0.39, 0.29) is 12.5 Å². The van der Waals surface area contributed by atoms with Crippen LogP contribution in [0.2, 0.25) is 0 Å². The minimum Gasteiger partial charge on any atom is -0.497 e. The van der Waals surface area contributed by atoms with Gasteiger partial charge in [-0.25, -0.2) is 15.0 Å². The summed E-state index contributed by atoms with van der Waals surface area (Å²) in [6.45, 7) is 6.62. The third-order valence-electron chi connectivity index (χ3n) is 5.50. The van der Waals surface area contributed by atoms with Crippen LogP contribution in [0.4, 0.5) is 5.82 Å². The number of imidazole rings is 1. The summed E-state index contributed by atoms with van der Waals surface area (Å²) in [5.41, 5.74) is 2.03. The minimum absolute atomic E-state index is 0.00405. The van der Waals surface area contributed by atoms with Crippen LogP contribution in [-0.4, -0.2) is 70.2 Å². The number of ether oxygens (including phenoxy) is 2. The topological polar surface area (TPSA) is 85.6 Å². The first-order valence-corrected chi connectivity index (χ1v) is 10.2. The number of hydrogen-bond donors (Lipinski definition) is 0. The van der Waals surface area contributed by atoms with E-state index in [0.717, 1.165) is 23.0 Å². The molecule has 31 heavy (non-hydrogen) atoms. The first-order chi connectivity index (χ1) is 15.0. The van der Waals surface area contributed by atoms with E-state index in [9.17, 15) is 4.79 Å². The molecule has 0 spiro atoms. The molecule has 0 aliphatic carbocycles. The summed E-state index contributed by atoms with van der Waals surface area (Å²) in [5.74, 6) is 2.91. The first kappa shape index (κ1) is 20.6. The van der Waals surface area contributed by atoms with Gasteiger partial charge in [0.05, 0.1) is 12.8 Å². The number of benzene rings is 1. The van der Waals surface area contributed by atoms with Gasteiger partial charge >= 0.3 is 0 Å². The summed E-state index contributed by atoms with van der Waals surface area (Å²) >= 11 is 0. The van der Waals surface area contributed by atoms with Gasteiger partial charge in [0, 0.05) is 44.0 Å². The van der Waals surface area contributed by atoms with Crippen molar-refractivity contribution in [3.05, 3.63) is 54.4 Å². The van der Waals surface area contributed by atoms with E-state index in [2.05, 4.69) is 19.9 Å². The number of carbonyl (C=O) groups is 1. The molecule has 0 radical (unpaired) electrons. The van der Waals surface area contributed by atoms with Crippen LogP contribution in [0.25, 0.3) is 5.82 Å². The Hall–Kier alpha value is -3.62. The average Bonchev–Trinajstić information content (AvgIpc) is 3.16. The minimum atomic E-state index is -0.0321. The van der Waals surface area contributed by atoms with Gasteiger partial charge in [0.2, 0.25) is 0 Å². The fourth-order valence-corrected chi connectivity index (χ4v) is 3.48. The standard InChI is InChI=1S/C22H26N6O3/c1-16-17(2)28(15-25-16)21-12-20(23-14-24-21)26-7-9-27(10-8-26)22(29)13-31-19-6-4-5-18(11-19)30-3/h4-6,11-12,14-15H,7-10,13H2,1-3H3. The maximum Gasteiger partial charge on any atom is 0.260 e. The van der Waals surface area contributed by atoms with Crippen molar-refractivity contribution in [3.63, 3.8) is 0 Å². The third-order valence-corrected chi connectivity index (χ3v) is 5.50. The number of hydrogen-bond acceptors (Lipinski definition) is 7. The van der Waals surface area contributed by atoms with E-state index >= 15 is 0 Å². The number of nitrogens with zero attached hydrogens (tertiary/aromatic N) is 6. The SMILES string of the molecule is COc1cccc(OCC(=O)N2CCN(c3cc(-n4cnc(C)c4C)ncn3)CC2)c1. The molecule has 1 saturated heterocycles. The summed E-state index contributed by atoms with van der Waals surface area (Å²) in [6, 6.07) is 9.20. The number of anilines is 1. The molecule has 0 unspecified atom stereocenters. The molecule has 1 aliphatic rings. The number of methoxy groups -OCH3 is 1. The zero-order chi connectivity index (χ0) is 21.8. The second-order valence-electron chi connectivity index (χ2n) is 7.36. The Morgan fingerprint density at radius 3 is 2.45 bits per heavy atom. The highest BCUT2D eigenvalue weighted by Crippen LogP contribution is 2.20. The van der Waals surface area contributed by atoms with Gasteiger partial charge in [0.1, 0.15) is 35.8 Å². The van der Waals surface area contributed by atoms with Gasteiger partial charge in [-0.1, -0.05) is 6.07 Å². The van der Waals surface area contributed by atoms with Crippen LogP contribution in [0.3, 0.4) is 0 Å². The molecule has 1 aromatic carbocycles.